The van der Waals surface area contributed by atoms with Gasteiger partial charge in [-0.05, 0) is 62.8 Å². The Labute approximate surface area is 201 Å². The monoisotopic (exact) mass is 462 g/mol. The molecule has 6 nitrogen and oxygen atoms in total. The third-order valence-corrected chi connectivity index (χ3v) is 6.65. The van der Waals surface area contributed by atoms with Crippen molar-refractivity contribution in [2.24, 2.45) is 11.8 Å². The van der Waals surface area contributed by atoms with Gasteiger partial charge in [-0.3, -0.25) is 14.4 Å². The smallest absolute Gasteiger partial charge is 0.310 e. The van der Waals surface area contributed by atoms with Gasteiger partial charge in [-0.15, -0.1) is 0 Å². The second-order valence-electron chi connectivity index (χ2n) is 9.46. The van der Waals surface area contributed by atoms with Gasteiger partial charge in [-0.1, -0.05) is 42.0 Å². The van der Waals surface area contributed by atoms with E-state index in [4.69, 9.17) is 4.74 Å². The Morgan fingerprint density at radius 1 is 0.941 bits per heavy atom. The van der Waals surface area contributed by atoms with Crippen molar-refractivity contribution in [1.82, 2.24) is 4.90 Å². The first-order valence-corrected chi connectivity index (χ1v) is 12.3. The van der Waals surface area contributed by atoms with Gasteiger partial charge in [0, 0.05) is 24.7 Å². The van der Waals surface area contributed by atoms with Crippen LogP contribution in [0.4, 0.5) is 5.69 Å². The summed E-state index contributed by atoms with van der Waals surface area (Å²) in [5.41, 5.74) is 4.05. The molecule has 6 heteroatoms. The van der Waals surface area contributed by atoms with Crippen LogP contribution in [-0.2, 0) is 32.1 Å². The van der Waals surface area contributed by atoms with Crippen LogP contribution in [0.15, 0.2) is 48.5 Å². The molecule has 2 fully saturated rings. The highest BCUT2D eigenvalue weighted by molar-refractivity contribution is 5.96. The average molecular weight is 463 g/mol. The number of rotatable bonds is 8. The Kier molecular flexibility index (Phi) is 7.66. The lowest BCUT2D eigenvalue weighted by molar-refractivity contribution is -0.151. The van der Waals surface area contributed by atoms with Crippen LogP contribution in [0.2, 0.25) is 0 Å². The van der Waals surface area contributed by atoms with Gasteiger partial charge in [0.15, 0.2) is 0 Å². The fraction of sp³-hybridized carbons (Fsp3) is 0.464. The minimum Gasteiger partial charge on any atom is -0.466 e. The summed E-state index contributed by atoms with van der Waals surface area (Å²) in [6, 6.07) is 16.0. The highest BCUT2D eigenvalue weighted by Crippen LogP contribution is 2.33. The quantitative estimate of drug-likeness (QED) is 0.549. The number of amides is 2. The summed E-state index contributed by atoms with van der Waals surface area (Å²) in [5, 5.41) is 0. The molecular weight excluding hydrogens is 428 g/mol. The molecule has 0 spiro atoms. The molecule has 2 aliphatic rings. The Bertz CT molecular complexity index is 1010. The number of anilines is 1. The maximum atomic E-state index is 13.0. The SMILES string of the molecule is CCOC(=O)[C@H]1CCCN(C(=O)Cc2ccc(N(Cc3ccc(C)cc3)C(=O)C3CC3)cc2)C1. The van der Waals surface area contributed by atoms with Crippen LogP contribution in [0.3, 0.4) is 0 Å². The standard InChI is InChI=1S/C28H34N2O4/c1-3-34-28(33)24-5-4-16-29(19-24)26(31)17-21-10-14-25(15-11-21)30(27(32)23-12-13-23)18-22-8-6-20(2)7-9-22/h6-11,14-15,23-24H,3-5,12-13,16-19H2,1-2H3/t24-/m0/s1. The van der Waals surface area contributed by atoms with E-state index in [9.17, 15) is 14.4 Å². The van der Waals surface area contributed by atoms with Crippen LogP contribution in [-0.4, -0.2) is 42.4 Å². The van der Waals surface area contributed by atoms with Gasteiger partial charge in [0.1, 0.15) is 0 Å². The van der Waals surface area contributed by atoms with Crippen molar-refractivity contribution in [1.29, 1.82) is 0 Å². The lowest BCUT2D eigenvalue weighted by Crippen LogP contribution is -2.43. The van der Waals surface area contributed by atoms with E-state index < -0.39 is 0 Å². The summed E-state index contributed by atoms with van der Waals surface area (Å²) >= 11 is 0. The van der Waals surface area contributed by atoms with Crippen LogP contribution in [0, 0.1) is 18.8 Å². The van der Waals surface area contributed by atoms with Crippen molar-refractivity contribution in [2.45, 2.75) is 52.5 Å². The zero-order valence-electron chi connectivity index (χ0n) is 20.2. The molecule has 0 unspecified atom stereocenters. The van der Waals surface area contributed by atoms with Gasteiger partial charge >= 0.3 is 5.97 Å². The maximum absolute atomic E-state index is 13.0. The zero-order valence-corrected chi connectivity index (χ0v) is 20.2. The molecule has 1 aliphatic carbocycles. The van der Waals surface area contributed by atoms with Crippen molar-refractivity contribution in [2.75, 3.05) is 24.6 Å². The lowest BCUT2D eigenvalue weighted by atomic mass is 9.97. The molecule has 0 bridgehead atoms. The molecule has 1 atom stereocenters. The number of likely N-dealkylation sites (tertiary alicyclic amines) is 1. The topological polar surface area (TPSA) is 66.9 Å². The first-order chi connectivity index (χ1) is 16.4. The Morgan fingerprint density at radius 2 is 1.62 bits per heavy atom. The van der Waals surface area contributed by atoms with E-state index in [2.05, 4.69) is 31.2 Å². The molecule has 1 saturated carbocycles. The summed E-state index contributed by atoms with van der Waals surface area (Å²) in [7, 11) is 0. The number of hydrogen-bond donors (Lipinski definition) is 0. The van der Waals surface area contributed by atoms with E-state index in [1.165, 1.54) is 5.56 Å². The molecular formula is C28H34N2O4. The first-order valence-electron chi connectivity index (χ1n) is 12.3. The fourth-order valence-corrected chi connectivity index (χ4v) is 4.46. The first kappa shape index (κ1) is 24.0. The molecule has 180 valence electrons. The van der Waals surface area contributed by atoms with E-state index in [0.717, 1.165) is 42.5 Å². The number of carbonyl (C=O) groups excluding carboxylic acids is 3. The predicted octanol–water partition coefficient (Wildman–Crippen LogP) is 4.28. The minimum atomic E-state index is -0.233. The van der Waals surface area contributed by atoms with Gasteiger partial charge in [0.05, 0.1) is 25.5 Å². The van der Waals surface area contributed by atoms with Crippen molar-refractivity contribution in [3.63, 3.8) is 0 Å². The molecule has 1 heterocycles. The number of esters is 1. The van der Waals surface area contributed by atoms with Gasteiger partial charge in [0.25, 0.3) is 0 Å². The van der Waals surface area contributed by atoms with Crippen LogP contribution in [0.1, 0.15) is 49.3 Å². The van der Waals surface area contributed by atoms with E-state index in [-0.39, 0.29) is 36.0 Å². The third-order valence-electron chi connectivity index (χ3n) is 6.65. The molecule has 0 aromatic heterocycles. The van der Waals surface area contributed by atoms with Crippen LogP contribution < -0.4 is 4.90 Å². The highest BCUT2D eigenvalue weighted by Gasteiger charge is 2.34. The van der Waals surface area contributed by atoms with Crippen LogP contribution in [0.25, 0.3) is 0 Å². The minimum absolute atomic E-state index is 0.0207. The maximum Gasteiger partial charge on any atom is 0.310 e. The Balaban J connectivity index is 1.41. The largest absolute Gasteiger partial charge is 0.466 e. The second-order valence-corrected chi connectivity index (χ2v) is 9.46. The molecule has 34 heavy (non-hydrogen) atoms. The number of carbonyl (C=O) groups is 3. The van der Waals surface area contributed by atoms with Crippen molar-refractivity contribution >= 4 is 23.5 Å². The molecule has 2 aromatic rings. The number of aryl methyl sites for hydroxylation is 1. The number of ether oxygens (including phenoxy) is 1. The molecule has 0 N–H and O–H groups in total. The number of hydrogen-bond acceptors (Lipinski definition) is 4. The summed E-state index contributed by atoms with van der Waals surface area (Å²) < 4.78 is 5.14. The second kappa shape index (κ2) is 10.9. The van der Waals surface area contributed by atoms with Gasteiger partial charge in [-0.25, -0.2) is 0 Å². The summed E-state index contributed by atoms with van der Waals surface area (Å²) in [6.07, 6.45) is 3.77. The van der Waals surface area contributed by atoms with Gasteiger partial charge in [-0.2, -0.15) is 0 Å². The molecule has 2 aromatic carbocycles. The summed E-state index contributed by atoms with van der Waals surface area (Å²) in [6.45, 7) is 5.85. The Hall–Kier alpha value is -3.15. The van der Waals surface area contributed by atoms with E-state index in [1.54, 1.807) is 11.8 Å². The predicted molar refractivity (Wildman–Crippen MR) is 131 cm³/mol. The van der Waals surface area contributed by atoms with Crippen molar-refractivity contribution in [3.8, 4) is 0 Å². The molecule has 1 aliphatic heterocycles. The lowest BCUT2D eigenvalue weighted by Gasteiger charge is -2.31. The molecule has 4 rings (SSSR count). The normalized spacial score (nSPS) is 17.8. The number of nitrogens with zero attached hydrogens (tertiary/aromatic N) is 2. The highest BCUT2D eigenvalue weighted by atomic mass is 16.5. The Morgan fingerprint density at radius 3 is 2.26 bits per heavy atom. The van der Waals surface area contributed by atoms with E-state index >= 15 is 0 Å². The third kappa shape index (κ3) is 6.04. The average Bonchev–Trinajstić information content (AvgIpc) is 3.70. The van der Waals surface area contributed by atoms with Crippen LogP contribution in [0.5, 0.6) is 0 Å². The number of piperidine rings is 1. The van der Waals surface area contributed by atoms with Crippen molar-refractivity contribution < 1.29 is 19.1 Å². The summed E-state index contributed by atoms with van der Waals surface area (Å²) in [5.74, 6) is -0.129. The van der Waals surface area contributed by atoms with E-state index in [0.29, 0.717) is 26.2 Å². The molecule has 2 amide bonds. The van der Waals surface area contributed by atoms with E-state index in [1.807, 2.05) is 29.2 Å². The zero-order chi connectivity index (χ0) is 24.1. The van der Waals surface area contributed by atoms with Crippen molar-refractivity contribution in [3.05, 3.63) is 65.2 Å². The molecule has 0 radical (unpaired) electrons. The fourth-order valence-electron chi connectivity index (χ4n) is 4.46. The molecule has 1 saturated heterocycles. The van der Waals surface area contributed by atoms with Gasteiger partial charge < -0.3 is 14.5 Å². The van der Waals surface area contributed by atoms with Gasteiger partial charge in [0.2, 0.25) is 11.8 Å². The number of benzene rings is 2. The summed E-state index contributed by atoms with van der Waals surface area (Å²) in [4.78, 5) is 41.6. The van der Waals surface area contributed by atoms with Crippen LogP contribution >= 0.6 is 0 Å².